The van der Waals surface area contributed by atoms with Gasteiger partial charge >= 0.3 is 5.97 Å². The molecule has 0 aromatic carbocycles. The molecule has 0 saturated heterocycles. The maximum atomic E-state index is 13.5. The summed E-state index contributed by atoms with van der Waals surface area (Å²) in [6, 6.07) is 2.84. The fourth-order valence-electron chi connectivity index (χ4n) is 3.67. The van der Waals surface area contributed by atoms with Crippen LogP contribution in [0.3, 0.4) is 0 Å². The van der Waals surface area contributed by atoms with Crippen molar-refractivity contribution in [3.8, 4) is 0 Å². The monoisotopic (exact) mass is 434 g/mol. The summed E-state index contributed by atoms with van der Waals surface area (Å²) in [7, 11) is 1.56. The van der Waals surface area contributed by atoms with Gasteiger partial charge in [0.2, 0.25) is 0 Å². The van der Waals surface area contributed by atoms with Gasteiger partial charge in [-0.3, -0.25) is 9.59 Å². The van der Waals surface area contributed by atoms with Crippen molar-refractivity contribution >= 4 is 29.0 Å². The molecule has 164 valence electrons. The Kier molecular flexibility index (Phi) is 8.37. The number of methoxy groups -OCH3 is 1. The number of thiophene rings is 1. The van der Waals surface area contributed by atoms with Gasteiger partial charge < -0.3 is 18.9 Å². The van der Waals surface area contributed by atoms with Crippen LogP contribution in [0.25, 0.3) is 0 Å². The van der Waals surface area contributed by atoms with Crippen LogP contribution in [0.1, 0.15) is 62.5 Å². The molecule has 0 spiro atoms. The zero-order valence-corrected chi connectivity index (χ0v) is 19.3. The lowest BCUT2D eigenvalue weighted by Gasteiger charge is -2.28. The number of amides is 1. The lowest BCUT2D eigenvalue weighted by molar-refractivity contribution is 0.0512. The highest BCUT2D eigenvalue weighted by atomic mass is 32.1. The molecule has 2 heterocycles. The predicted molar refractivity (Wildman–Crippen MR) is 117 cm³/mol. The van der Waals surface area contributed by atoms with Gasteiger partial charge in [0, 0.05) is 31.5 Å². The fourth-order valence-corrected chi connectivity index (χ4v) is 4.35. The van der Waals surface area contributed by atoms with E-state index in [-0.39, 0.29) is 24.8 Å². The van der Waals surface area contributed by atoms with E-state index in [0.29, 0.717) is 40.5 Å². The fraction of sp³-hybridized carbons (Fsp3) is 0.500. The maximum absolute atomic E-state index is 13.5. The smallest absolute Gasteiger partial charge is 0.355 e. The minimum absolute atomic E-state index is 0.205. The molecule has 0 aliphatic rings. The Morgan fingerprint density at radius 1 is 1.23 bits per heavy atom. The first kappa shape index (κ1) is 23.8. The molecule has 1 amide bonds. The predicted octanol–water partition coefficient (Wildman–Crippen LogP) is 3.72. The molecule has 0 N–H and O–H groups in total. The van der Waals surface area contributed by atoms with Crippen LogP contribution in [0, 0.1) is 13.8 Å². The molecule has 0 fully saturated rings. The van der Waals surface area contributed by atoms with Gasteiger partial charge in [0.05, 0.1) is 24.1 Å². The van der Waals surface area contributed by atoms with Crippen molar-refractivity contribution in [3.05, 3.63) is 44.9 Å². The van der Waals surface area contributed by atoms with E-state index >= 15 is 0 Å². The first-order valence-electron chi connectivity index (χ1n) is 10.0. The second kappa shape index (κ2) is 10.5. The van der Waals surface area contributed by atoms with Crippen LogP contribution >= 0.6 is 11.3 Å². The number of hydrogen-bond acceptors (Lipinski definition) is 6. The van der Waals surface area contributed by atoms with E-state index < -0.39 is 12.0 Å². The summed E-state index contributed by atoms with van der Waals surface area (Å²) in [6.45, 7) is 10.3. The van der Waals surface area contributed by atoms with Crippen LogP contribution in [0.4, 0.5) is 0 Å². The Balaban J connectivity index is 2.46. The van der Waals surface area contributed by atoms with Crippen LogP contribution in [0.5, 0.6) is 0 Å². The molecule has 7 nitrogen and oxygen atoms in total. The molecule has 30 heavy (non-hydrogen) atoms. The van der Waals surface area contributed by atoms with Gasteiger partial charge in [-0.05, 0) is 51.6 Å². The molecule has 1 atom stereocenters. The molecule has 2 rings (SSSR count). The zero-order valence-electron chi connectivity index (χ0n) is 18.5. The van der Waals surface area contributed by atoms with Gasteiger partial charge in [0.1, 0.15) is 5.69 Å². The second-order valence-corrected chi connectivity index (χ2v) is 7.86. The van der Waals surface area contributed by atoms with E-state index in [2.05, 4.69) is 0 Å². The summed E-state index contributed by atoms with van der Waals surface area (Å²) in [6.07, 6.45) is 0. The average Bonchev–Trinajstić information content (AvgIpc) is 3.34. The Morgan fingerprint density at radius 2 is 1.93 bits per heavy atom. The topological polar surface area (TPSA) is 77.8 Å². The minimum atomic E-state index is -0.713. The third kappa shape index (κ3) is 4.65. The highest BCUT2D eigenvalue weighted by molar-refractivity contribution is 7.12. The summed E-state index contributed by atoms with van der Waals surface area (Å²) in [5, 5.41) is 1.83. The number of hydrogen-bond donors (Lipinski definition) is 0. The molecular weight excluding hydrogens is 404 g/mol. The Labute approximate surface area is 181 Å². The van der Waals surface area contributed by atoms with Crippen molar-refractivity contribution in [1.82, 2.24) is 9.47 Å². The van der Waals surface area contributed by atoms with Crippen molar-refractivity contribution in [2.24, 2.45) is 0 Å². The van der Waals surface area contributed by atoms with Crippen molar-refractivity contribution in [2.45, 2.75) is 47.2 Å². The van der Waals surface area contributed by atoms with Gasteiger partial charge in [0.25, 0.3) is 5.91 Å². The average molecular weight is 435 g/mol. The zero-order chi connectivity index (χ0) is 22.4. The van der Waals surface area contributed by atoms with Crippen LogP contribution in [0.2, 0.25) is 0 Å². The highest BCUT2D eigenvalue weighted by Crippen LogP contribution is 2.26. The standard InChI is InChI=1S/C22H30N2O5S/c1-7-23-15(4)18(14(3)19(23)22(27)29-8-2)20(25)16(5)24(11-12-28-6)21(26)17-10-9-13-30-17/h9-10,13,16H,7-8,11-12H2,1-6H3. The van der Waals surface area contributed by atoms with E-state index in [4.69, 9.17) is 9.47 Å². The third-order valence-corrected chi connectivity index (χ3v) is 6.03. The van der Waals surface area contributed by atoms with Crippen molar-refractivity contribution in [1.29, 1.82) is 0 Å². The summed E-state index contributed by atoms with van der Waals surface area (Å²) >= 11 is 1.33. The number of rotatable bonds is 10. The SMILES string of the molecule is CCOC(=O)c1c(C)c(C(=O)C(C)N(CCOC)C(=O)c2cccs2)c(C)n1CC. The Bertz CT molecular complexity index is 901. The van der Waals surface area contributed by atoms with Crippen molar-refractivity contribution in [3.63, 3.8) is 0 Å². The van der Waals surface area contributed by atoms with E-state index in [9.17, 15) is 14.4 Å². The van der Waals surface area contributed by atoms with Gasteiger partial charge in [-0.15, -0.1) is 11.3 Å². The maximum Gasteiger partial charge on any atom is 0.355 e. The number of Topliss-reactive ketones (excluding diaryl/α,β-unsaturated/α-hetero) is 1. The number of ether oxygens (including phenoxy) is 2. The third-order valence-electron chi connectivity index (χ3n) is 5.17. The summed E-state index contributed by atoms with van der Waals surface area (Å²) in [4.78, 5) is 41.2. The first-order valence-corrected chi connectivity index (χ1v) is 10.9. The number of carbonyl (C=O) groups excluding carboxylic acids is 3. The second-order valence-electron chi connectivity index (χ2n) is 6.91. The van der Waals surface area contributed by atoms with Crippen LogP contribution in [-0.2, 0) is 16.0 Å². The largest absolute Gasteiger partial charge is 0.461 e. The molecule has 0 bridgehead atoms. The molecular formula is C22H30N2O5S. The van der Waals surface area contributed by atoms with E-state index in [1.54, 1.807) is 44.6 Å². The van der Waals surface area contributed by atoms with Crippen molar-refractivity contribution in [2.75, 3.05) is 26.9 Å². The van der Waals surface area contributed by atoms with E-state index in [0.717, 1.165) is 0 Å². The molecule has 0 saturated carbocycles. The number of esters is 1. The number of aromatic nitrogens is 1. The van der Waals surface area contributed by atoms with Gasteiger partial charge in [0.15, 0.2) is 5.78 Å². The van der Waals surface area contributed by atoms with E-state index in [1.165, 1.54) is 16.2 Å². The molecule has 2 aromatic rings. The lowest BCUT2D eigenvalue weighted by Crippen LogP contribution is -2.45. The normalized spacial score (nSPS) is 11.9. The van der Waals surface area contributed by atoms with Crippen LogP contribution in [-0.4, -0.2) is 60.0 Å². The quantitative estimate of drug-likeness (QED) is 0.421. The Morgan fingerprint density at radius 3 is 2.47 bits per heavy atom. The Hall–Kier alpha value is -2.45. The molecule has 2 aromatic heterocycles. The van der Waals surface area contributed by atoms with Gasteiger partial charge in [-0.2, -0.15) is 0 Å². The summed E-state index contributed by atoms with van der Waals surface area (Å²) in [5.74, 6) is -0.861. The summed E-state index contributed by atoms with van der Waals surface area (Å²) < 4.78 is 12.2. The lowest BCUT2D eigenvalue weighted by atomic mass is 9.99. The van der Waals surface area contributed by atoms with Gasteiger partial charge in [-0.1, -0.05) is 6.07 Å². The number of ketones is 1. The first-order chi connectivity index (χ1) is 14.3. The number of nitrogens with zero attached hydrogens (tertiary/aromatic N) is 2. The van der Waals surface area contributed by atoms with Crippen LogP contribution in [0.15, 0.2) is 17.5 Å². The molecule has 0 radical (unpaired) electrons. The number of carbonyl (C=O) groups is 3. The molecule has 0 aliphatic carbocycles. The highest BCUT2D eigenvalue weighted by Gasteiger charge is 2.33. The van der Waals surface area contributed by atoms with E-state index in [1.807, 2.05) is 19.2 Å². The van der Waals surface area contributed by atoms with Gasteiger partial charge in [-0.25, -0.2) is 4.79 Å². The van der Waals surface area contributed by atoms with Crippen molar-refractivity contribution < 1.29 is 23.9 Å². The molecule has 1 unspecified atom stereocenters. The summed E-state index contributed by atoms with van der Waals surface area (Å²) in [5.41, 5.74) is 2.14. The molecule has 0 aliphatic heterocycles. The van der Waals surface area contributed by atoms with Crippen LogP contribution < -0.4 is 0 Å². The minimum Gasteiger partial charge on any atom is -0.461 e. The molecule has 8 heteroatoms.